The van der Waals surface area contributed by atoms with Crippen LogP contribution in [0.3, 0.4) is 0 Å². The lowest BCUT2D eigenvalue weighted by Gasteiger charge is -2.19. The molecule has 0 aliphatic heterocycles. The lowest BCUT2D eigenvalue weighted by Crippen LogP contribution is -2.27. The fourth-order valence-corrected chi connectivity index (χ4v) is 2.08. The highest BCUT2D eigenvalue weighted by atomic mass is 35.5. The van der Waals surface area contributed by atoms with Gasteiger partial charge in [0.1, 0.15) is 10.8 Å². The zero-order valence-corrected chi connectivity index (χ0v) is 15.0. The minimum atomic E-state index is -0.587. The maximum Gasteiger partial charge on any atom is 0.412 e. The summed E-state index contributed by atoms with van der Waals surface area (Å²) in [6.45, 7) is 5.33. The summed E-state index contributed by atoms with van der Waals surface area (Å²) in [7, 11) is 1.26. The SMILES string of the molecule is COC(=O)c1cc(-c2ccc(NC(=O)OC(C)(C)C)cn2)cnc1Cl. The maximum absolute atomic E-state index is 11.7. The zero-order chi connectivity index (χ0) is 18.6. The van der Waals surface area contributed by atoms with Crippen LogP contribution < -0.4 is 5.32 Å². The van der Waals surface area contributed by atoms with E-state index in [0.29, 0.717) is 16.9 Å². The quantitative estimate of drug-likeness (QED) is 0.656. The van der Waals surface area contributed by atoms with E-state index in [9.17, 15) is 9.59 Å². The van der Waals surface area contributed by atoms with Crippen LogP contribution in [0.5, 0.6) is 0 Å². The summed E-state index contributed by atoms with van der Waals surface area (Å²) >= 11 is 5.90. The monoisotopic (exact) mass is 363 g/mol. The number of nitrogens with one attached hydrogen (secondary N) is 1. The molecule has 0 saturated carbocycles. The standard InChI is InChI=1S/C17H18ClN3O4/c1-17(2,3)25-16(23)21-11-5-6-13(19-9-11)10-7-12(15(22)24-4)14(18)20-8-10/h5-9H,1-4H3,(H,21,23). The number of anilines is 1. The van der Waals surface area contributed by atoms with Crippen molar-refractivity contribution in [2.45, 2.75) is 26.4 Å². The number of halogens is 1. The van der Waals surface area contributed by atoms with Gasteiger partial charge in [-0.25, -0.2) is 14.6 Å². The second-order valence-corrected chi connectivity index (χ2v) is 6.47. The predicted molar refractivity (Wildman–Crippen MR) is 93.7 cm³/mol. The number of aromatic nitrogens is 2. The van der Waals surface area contributed by atoms with Gasteiger partial charge >= 0.3 is 12.1 Å². The Bertz CT molecular complexity index is 785. The highest BCUT2D eigenvalue weighted by molar-refractivity contribution is 6.32. The van der Waals surface area contributed by atoms with Gasteiger partial charge in [-0.2, -0.15) is 0 Å². The van der Waals surface area contributed by atoms with Gasteiger partial charge in [0, 0.05) is 11.8 Å². The first-order valence-corrected chi connectivity index (χ1v) is 7.77. The Labute approximate surface area is 150 Å². The van der Waals surface area contributed by atoms with Gasteiger partial charge in [-0.1, -0.05) is 11.6 Å². The highest BCUT2D eigenvalue weighted by Crippen LogP contribution is 2.23. The van der Waals surface area contributed by atoms with Crippen molar-refractivity contribution in [2.75, 3.05) is 12.4 Å². The number of methoxy groups -OCH3 is 1. The molecule has 25 heavy (non-hydrogen) atoms. The summed E-state index contributed by atoms with van der Waals surface area (Å²) in [5.74, 6) is -0.581. The molecule has 0 bridgehead atoms. The molecule has 2 aromatic heterocycles. The van der Waals surface area contributed by atoms with E-state index in [-0.39, 0.29) is 10.7 Å². The van der Waals surface area contributed by atoms with Crippen molar-refractivity contribution < 1.29 is 19.1 Å². The summed E-state index contributed by atoms with van der Waals surface area (Å²) in [4.78, 5) is 31.6. The molecule has 2 heterocycles. The molecule has 1 N–H and O–H groups in total. The number of ether oxygens (including phenoxy) is 2. The summed E-state index contributed by atoms with van der Waals surface area (Å²) in [5, 5.41) is 2.64. The summed E-state index contributed by atoms with van der Waals surface area (Å²) in [6, 6.07) is 4.89. The third kappa shape index (κ3) is 5.15. The first-order valence-electron chi connectivity index (χ1n) is 7.40. The van der Waals surface area contributed by atoms with Gasteiger partial charge in [0.15, 0.2) is 0 Å². The van der Waals surface area contributed by atoms with E-state index >= 15 is 0 Å². The van der Waals surface area contributed by atoms with Crippen LogP contribution in [0.1, 0.15) is 31.1 Å². The molecule has 0 spiro atoms. The van der Waals surface area contributed by atoms with E-state index in [2.05, 4.69) is 20.0 Å². The largest absolute Gasteiger partial charge is 0.465 e. The van der Waals surface area contributed by atoms with Crippen LogP contribution in [0.4, 0.5) is 10.5 Å². The molecule has 2 rings (SSSR count). The van der Waals surface area contributed by atoms with Crippen molar-refractivity contribution in [3.63, 3.8) is 0 Å². The third-order valence-corrected chi connectivity index (χ3v) is 3.25. The van der Waals surface area contributed by atoms with Crippen LogP contribution in [0.25, 0.3) is 11.3 Å². The summed E-state index contributed by atoms with van der Waals surface area (Å²) in [5.41, 5.74) is 1.20. The normalized spacial score (nSPS) is 10.9. The van der Waals surface area contributed by atoms with E-state index in [1.54, 1.807) is 39.0 Å². The molecule has 0 atom stereocenters. The Balaban J connectivity index is 2.17. The van der Waals surface area contributed by atoms with Crippen LogP contribution >= 0.6 is 11.6 Å². The van der Waals surface area contributed by atoms with E-state index in [1.807, 2.05) is 0 Å². The lowest BCUT2D eigenvalue weighted by molar-refractivity contribution is 0.0598. The predicted octanol–water partition coefficient (Wildman–Crippen LogP) is 3.93. The first-order chi connectivity index (χ1) is 11.7. The molecule has 0 saturated heterocycles. The van der Waals surface area contributed by atoms with Gasteiger partial charge in [0.25, 0.3) is 0 Å². The topological polar surface area (TPSA) is 90.4 Å². The van der Waals surface area contributed by atoms with Gasteiger partial charge < -0.3 is 9.47 Å². The van der Waals surface area contributed by atoms with Crippen molar-refractivity contribution in [1.82, 2.24) is 9.97 Å². The lowest BCUT2D eigenvalue weighted by atomic mass is 10.1. The van der Waals surface area contributed by atoms with Crippen molar-refractivity contribution >= 4 is 29.4 Å². The average Bonchev–Trinajstić information content (AvgIpc) is 2.53. The van der Waals surface area contributed by atoms with Crippen LogP contribution in [-0.2, 0) is 9.47 Å². The van der Waals surface area contributed by atoms with Crippen LogP contribution in [0.15, 0.2) is 30.6 Å². The number of hydrogen-bond donors (Lipinski definition) is 1. The van der Waals surface area contributed by atoms with Crippen molar-refractivity contribution in [3.8, 4) is 11.3 Å². The average molecular weight is 364 g/mol. The first kappa shape index (κ1) is 18.7. The van der Waals surface area contributed by atoms with Crippen LogP contribution in [0.2, 0.25) is 5.15 Å². The van der Waals surface area contributed by atoms with Gasteiger partial charge in [0.2, 0.25) is 0 Å². The van der Waals surface area contributed by atoms with Crippen molar-refractivity contribution in [2.24, 2.45) is 0 Å². The third-order valence-electron chi connectivity index (χ3n) is 2.95. The van der Waals surface area contributed by atoms with Crippen molar-refractivity contribution in [3.05, 3.63) is 41.3 Å². The smallest absolute Gasteiger partial charge is 0.412 e. The molecule has 7 nitrogen and oxygen atoms in total. The van der Waals surface area contributed by atoms with Crippen LogP contribution in [0, 0.1) is 0 Å². The fraction of sp³-hybridized carbons (Fsp3) is 0.294. The van der Waals surface area contributed by atoms with Gasteiger partial charge in [0.05, 0.1) is 30.3 Å². The minimum Gasteiger partial charge on any atom is -0.465 e. The second kappa shape index (κ2) is 7.48. The number of amides is 1. The van der Waals surface area contributed by atoms with Gasteiger partial charge in [-0.05, 0) is 39.0 Å². The molecule has 0 unspecified atom stereocenters. The van der Waals surface area contributed by atoms with Crippen LogP contribution in [-0.4, -0.2) is 34.7 Å². The molecule has 2 aromatic rings. The Morgan fingerprint density at radius 3 is 2.44 bits per heavy atom. The molecule has 132 valence electrons. The van der Waals surface area contributed by atoms with E-state index in [4.69, 9.17) is 16.3 Å². The Morgan fingerprint density at radius 1 is 1.16 bits per heavy atom. The van der Waals surface area contributed by atoms with Gasteiger partial charge in [-0.3, -0.25) is 10.3 Å². The summed E-state index contributed by atoms with van der Waals surface area (Å²) < 4.78 is 9.84. The molecule has 0 aromatic carbocycles. The molecule has 8 heteroatoms. The van der Waals surface area contributed by atoms with E-state index in [1.165, 1.54) is 19.5 Å². The number of rotatable bonds is 3. The molecule has 0 radical (unpaired) electrons. The molecular formula is C17H18ClN3O4. The number of carbonyl (C=O) groups is 2. The Hall–Kier alpha value is -2.67. The number of nitrogens with zero attached hydrogens (tertiary/aromatic N) is 2. The van der Waals surface area contributed by atoms with E-state index < -0.39 is 17.7 Å². The molecular weight excluding hydrogens is 346 g/mol. The number of esters is 1. The maximum atomic E-state index is 11.7. The van der Waals surface area contributed by atoms with E-state index in [0.717, 1.165) is 0 Å². The molecule has 1 amide bonds. The fourth-order valence-electron chi connectivity index (χ4n) is 1.90. The van der Waals surface area contributed by atoms with Gasteiger partial charge in [-0.15, -0.1) is 0 Å². The van der Waals surface area contributed by atoms with Crippen molar-refractivity contribution in [1.29, 1.82) is 0 Å². The molecule has 0 aliphatic carbocycles. The number of carbonyl (C=O) groups excluding carboxylic acids is 2. The number of hydrogen-bond acceptors (Lipinski definition) is 6. The minimum absolute atomic E-state index is 0.0545. The second-order valence-electron chi connectivity index (χ2n) is 6.11. The number of pyridine rings is 2. The molecule has 0 fully saturated rings. The Kier molecular flexibility index (Phi) is 5.58. The molecule has 0 aliphatic rings. The zero-order valence-electron chi connectivity index (χ0n) is 14.3. The Morgan fingerprint density at radius 2 is 1.88 bits per heavy atom. The highest BCUT2D eigenvalue weighted by Gasteiger charge is 2.17. The summed E-state index contributed by atoms with van der Waals surface area (Å²) in [6.07, 6.45) is 2.41.